The second kappa shape index (κ2) is 2.70. The van der Waals surface area contributed by atoms with Crippen LogP contribution in [0.3, 0.4) is 0 Å². The maximum Gasteiger partial charge on any atom is 0.146 e. The van der Waals surface area contributed by atoms with E-state index in [1.165, 1.54) is 0 Å². The number of rotatable bonds is 0. The van der Waals surface area contributed by atoms with E-state index in [1.807, 2.05) is 0 Å². The van der Waals surface area contributed by atoms with Gasteiger partial charge in [0.25, 0.3) is 0 Å². The van der Waals surface area contributed by atoms with E-state index < -0.39 is 0 Å². The number of H-pyrrole nitrogens is 1. The maximum atomic E-state index is 9.45. The third-order valence-electron chi connectivity index (χ3n) is 1.49. The normalized spacial score (nSPS) is 10.8. The summed E-state index contributed by atoms with van der Waals surface area (Å²) in [6.45, 7) is 0. The van der Waals surface area contributed by atoms with Crippen LogP contribution in [0.25, 0.3) is 11.0 Å². The Balaban J connectivity index is 2.94. The molecular weight excluding hydrogens is 290 g/mol. The van der Waals surface area contributed by atoms with Crippen molar-refractivity contribution in [3.63, 3.8) is 0 Å². The Morgan fingerprint density at radius 3 is 2.92 bits per heavy atom. The Hall–Kier alpha value is -0.620. The highest BCUT2D eigenvalue weighted by Gasteiger charge is 2.10. The smallest absolute Gasteiger partial charge is 0.146 e. The predicted molar refractivity (Wildman–Crippen MR) is 51.0 cm³/mol. The topological polar surface area (TPSA) is 61.8 Å². The van der Waals surface area contributed by atoms with Gasteiger partial charge in [-0.25, -0.2) is 0 Å². The molecule has 1 heterocycles. The zero-order valence-corrected chi connectivity index (χ0v) is 8.85. The summed E-state index contributed by atoms with van der Waals surface area (Å²) in [5.74, 6) is 0.136. The van der Waals surface area contributed by atoms with E-state index in [1.54, 1.807) is 6.07 Å². The minimum Gasteiger partial charge on any atom is -0.505 e. The minimum absolute atomic E-state index is 0.136. The summed E-state index contributed by atoms with van der Waals surface area (Å²) < 4.78 is 1.15. The maximum absolute atomic E-state index is 9.45. The van der Waals surface area contributed by atoms with Crippen LogP contribution in [0.4, 0.5) is 0 Å². The molecule has 0 atom stereocenters. The third kappa shape index (κ3) is 1.02. The molecular formula is C6H3Br2N3O. The van der Waals surface area contributed by atoms with Crippen LogP contribution in [0.5, 0.6) is 5.75 Å². The largest absolute Gasteiger partial charge is 0.505 e. The molecule has 0 aliphatic rings. The van der Waals surface area contributed by atoms with E-state index in [0.29, 0.717) is 14.5 Å². The number of aromatic nitrogens is 3. The predicted octanol–water partition coefficient (Wildman–Crippen LogP) is 2.19. The fourth-order valence-corrected chi connectivity index (χ4v) is 2.11. The number of aromatic amines is 1. The second-order valence-corrected chi connectivity index (χ2v) is 3.88. The first kappa shape index (κ1) is 8.00. The van der Waals surface area contributed by atoms with Crippen molar-refractivity contribution in [2.75, 3.05) is 0 Å². The molecule has 0 unspecified atom stereocenters. The first-order valence-corrected chi connectivity index (χ1v) is 4.66. The number of benzene rings is 1. The van der Waals surface area contributed by atoms with Crippen LogP contribution < -0.4 is 0 Å². The Morgan fingerprint density at radius 2 is 2.17 bits per heavy atom. The summed E-state index contributed by atoms with van der Waals surface area (Å²) in [5.41, 5.74) is 1.39. The number of nitrogens with zero attached hydrogens (tertiary/aromatic N) is 2. The summed E-state index contributed by atoms with van der Waals surface area (Å²) in [7, 11) is 0. The summed E-state index contributed by atoms with van der Waals surface area (Å²) in [4.78, 5) is 0. The molecule has 0 amide bonds. The molecule has 1 aromatic heterocycles. The van der Waals surface area contributed by atoms with Crippen molar-refractivity contribution in [3.8, 4) is 5.75 Å². The van der Waals surface area contributed by atoms with E-state index in [2.05, 4.69) is 47.3 Å². The molecule has 2 rings (SSSR count). The van der Waals surface area contributed by atoms with Gasteiger partial charge in [-0.05, 0) is 37.9 Å². The fraction of sp³-hybridized carbons (Fsp3) is 0. The summed E-state index contributed by atoms with van der Waals surface area (Å²) in [6.07, 6.45) is 0. The molecule has 0 bridgehead atoms. The Morgan fingerprint density at radius 1 is 1.42 bits per heavy atom. The number of hydrogen-bond acceptors (Lipinski definition) is 3. The molecule has 2 N–H and O–H groups in total. The molecule has 0 spiro atoms. The van der Waals surface area contributed by atoms with E-state index in [4.69, 9.17) is 0 Å². The second-order valence-electron chi connectivity index (χ2n) is 2.23. The average molecular weight is 293 g/mol. The Labute approximate surface area is 84.2 Å². The van der Waals surface area contributed by atoms with Crippen molar-refractivity contribution in [3.05, 3.63) is 15.0 Å². The quantitative estimate of drug-likeness (QED) is 0.782. The minimum atomic E-state index is 0.136. The Kier molecular flexibility index (Phi) is 1.80. The number of phenolic OH excluding ortho intramolecular Hbond substituents is 1. The zero-order chi connectivity index (χ0) is 8.72. The molecule has 4 nitrogen and oxygen atoms in total. The average Bonchev–Trinajstić information content (AvgIpc) is 2.48. The van der Waals surface area contributed by atoms with E-state index in [-0.39, 0.29) is 5.75 Å². The van der Waals surface area contributed by atoms with Gasteiger partial charge in [0.15, 0.2) is 0 Å². The van der Waals surface area contributed by atoms with Crippen LogP contribution >= 0.6 is 31.9 Å². The van der Waals surface area contributed by atoms with Crippen molar-refractivity contribution in [2.24, 2.45) is 0 Å². The van der Waals surface area contributed by atoms with Gasteiger partial charge in [0.1, 0.15) is 11.3 Å². The molecule has 2 aromatic rings. The Bertz CT molecular complexity index is 440. The summed E-state index contributed by atoms with van der Waals surface area (Å²) in [6, 6.07) is 1.72. The molecule has 0 saturated heterocycles. The van der Waals surface area contributed by atoms with Crippen molar-refractivity contribution < 1.29 is 5.11 Å². The number of phenols is 1. The standard InChI is InChI=1S/C6H3Br2N3O/c7-2-1-3-5(10-11-9-3)4(8)6(2)12/h1,12H,(H,9,10,11). The van der Waals surface area contributed by atoms with E-state index >= 15 is 0 Å². The summed E-state index contributed by atoms with van der Waals surface area (Å²) in [5, 5.41) is 19.5. The lowest BCUT2D eigenvalue weighted by Gasteiger charge is -1.98. The lowest BCUT2D eigenvalue weighted by atomic mass is 10.3. The van der Waals surface area contributed by atoms with Crippen molar-refractivity contribution >= 4 is 42.9 Å². The number of hydrogen-bond donors (Lipinski definition) is 2. The highest BCUT2D eigenvalue weighted by Crippen LogP contribution is 2.36. The lowest BCUT2D eigenvalue weighted by molar-refractivity contribution is 0.469. The fourth-order valence-electron chi connectivity index (χ4n) is 0.911. The van der Waals surface area contributed by atoms with Gasteiger partial charge in [0, 0.05) is 0 Å². The van der Waals surface area contributed by atoms with Crippen molar-refractivity contribution in [1.29, 1.82) is 0 Å². The van der Waals surface area contributed by atoms with Gasteiger partial charge in [-0.1, -0.05) is 5.21 Å². The zero-order valence-electron chi connectivity index (χ0n) is 5.67. The lowest BCUT2D eigenvalue weighted by Crippen LogP contribution is -1.76. The first-order chi connectivity index (χ1) is 5.70. The first-order valence-electron chi connectivity index (χ1n) is 3.08. The number of nitrogens with one attached hydrogen (secondary N) is 1. The van der Waals surface area contributed by atoms with Crippen molar-refractivity contribution in [2.45, 2.75) is 0 Å². The molecule has 6 heteroatoms. The van der Waals surface area contributed by atoms with Gasteiger partial charge in [0.05, 0.1) is 14.5 Å². The van der Waals surface area contributed by atoms with Crippen LogP contribution in [0.1, 0.15) is 0 Å². The van der Waals surface area contributed by atoms with E-state index in [0.717, 1.165) is 5.52 Å². The van der Waals surface area contributed by atoms with Crippen LogP contribution in [-0.4, -0.2) is 20.5 Å². The van der Waals surface area contributed by atoms with Crippen LogP contribution in [0.15, 0.2) is 15.0 Å². The van der Waals surface area contributed by atoms with Crippen LogP contribution in [0, 0.1) is 0 Å². The van der Waals surface area contributed by atoms with Crippen molar-refractivity contribution in [1.82, 2.24) is 15.4 Å². The molecule has 0 fully saturated rings. The number of aromatic hydroxyl groups is 1. The molecule has 62 valence electrons. The molecule has 0 saturated carbocycles. The molecule has 0 aliphatic carbocycles. The van der Waals surface area contributed by atoms with E-state index in [9.17, 15) is 5.11 Å². The number of halogens is 2. The SMILES string of the molecule is Oc1c(Br)cc2[nH]nnc2c1Br. The van der Waals surface area contributed by atoms with Gasteiger partial charge in [-0.15, -0.1) is 5.10 Å². The molecule has 0 aliphatic heterocycles. The third-order valence-corrected chi connectivity index (χ3v) is 2.84. The number of fused-ring (bicyclic) bond motifs is 1. The molecule has 1 aromatic carbocycles. The van der Waals surface area contributed by atoms with Crippen LogP contribution in [-0.2, 0) is 0 Å². The molecule has 12 heavy (non-hydrogen) atoms. The molecule has 0 radical (unpaired) electrons. The van der Waals surface area contributed by atoms with Gasteiger partial charge < -0.3 is 5.11 Å². The highest BCUT2D eigenvalue weighted by atomic mass is 79.9. The van der Waals surface area contributed by atoms with Crippen LogP contribution in [0.2, 0.25) is 0 Å². The highest BCUT2D eigenvalue weighted by molar-refractivity contribution is 9.11. The monoisotopic (exact) mass is 291 g/mol. The van der Waals surface area contributed by atoms with Gasteiger partial charge in [0.2, 0.25) is 0 Å². The van der Waals surface area contributed by atoms with Gasteiger partial charge >= 0.3 is 0 Å². The summed E-state index contributed by atoms with van der Waals surface area (Å²) >= 11 is 6.40. The van der Waals surface area contributed by atoms with Gasteiger partial charge in [-0.3, -0.25) is 5.10 Å². The van der Waals surface area contributed by atoms with Gasteiger partial charge in [-0.2, -0.15) is 0 Å².